The molecule has 0 aliphatic rings. The number of fused-ring (bicyclic) bond motifs is 1. The lowest BCUT2D eigenvalue weighted by Crippen LogP contribution is -2.00. The molecule has 176 valence electrons. The third kappa shape index (κ3) is 4.01. The average Bonchev–Trinajstić information content (AvgIpc) is 2.86. The molecule has 0 amide bonds. The number of hydrogen-bond donors (Lipinski definition) is 1. The predicted molar refractivity (Wildman–Crippen MR) is 133 cm³/mol. The van der Waals surface area contributed by atoms with E-state index in [1.807, 2.05) is 30.3 Å². The van der Waals surface area contributed by atoms with Gasteiger partial charge in [0.15, 0.2) is 28.6 Å². The van der Waals surface area contributed by atoms with Gasteiger partial charge < -0.3 is 29.4 Å². The molecule has 0 fully saturated rings. The van der Waals surface area contributed by atoms with Crippen LogP contribution in [0.1, 0.15) is 0 Å². The van der Waals surface area contributed by atoms with Crippen molar-refractivity contribution in [1.82, 2.24) is 15.0 Å². The number of rotatable bonds is 7. The smallest absolute Gasteiger partial charge is 0.203 e. The maximum Gasteiger partial charge on any atom is 0.203 e. The van der Waals surface area contributed by atoms with E-state index in [-0.39, 0.29) is 0 Å². The number of nitrogens with two attached hydrogens (primary N) is 1. The van der Waals surface area contributed by atoms with Gasteiger partial charge in [0, 0.05) is 5.56 Å². The van der Waals surface area contributed by atoms with Gasteiger partial charge in [-0.2, -0.15) is 0 Å². The highest BCUT2D eigenvalue weighted by Gasteiger charge is 2.20. The van der Waals surface area contributed by atoms with Crippen molar-refractivity contribution in [2.24, 2.45) is 0 Å². The Hall–Kier alpha value is -3.79. The van der Waals surface area contributed by atoms with Crippen LogP contribution in [0.5, 0.6) is 28.7 Å². The fraction of sp³-hybridized carbons (Fsp3) is 0.208. The second-order valence-corrected chi connectivity index (χ2v) is 7.97. The second-order valence-electron chi connectivity index (χ2n) is 7.12. The molecule has 0 bridgehead atoms. The minimum Gasteiger partial charge on any atom is -0.493 e. The number of halogens is 1. The summed E-state index contributed by atoms with van der Waals surface area (Å²) in [4.78, 5) is 13.3. The summed E-state index contributed by atoms with van der Waals surface area (Å²) in [6.45, 7) is 0. The third-order valence-electron chi connectivity index (χ3n) is 5.34. The SMILES string of the molecule is COc1cc(-c2cc(-c3cc(OC)c(OC)c(OC)c3)nc3ncnc(N)c23)cc(Br)c1OC. The third-order valence-corrected chi connectivity index (χ3v) is 5.93. The molecule has 0 aliphatic carbocycles. The fourth-order valence-corrected chi connectivity index (χ4v) is 4.37. The van der Waals surface area contributed by atoms with Crippen LogP contribution in [-0.2, 0) is 0 Å². The van der Waals surface area contributed by atoms with Gasteiger partial charge in [-0.05, 0) is 57.4 Å². The molecular formula is C24H23BrN4O5. The number of nitrogens with zero attached hydrogens (tertiary/aromatic N) is 3. The predicted octanol–water partition coefficient (Wildman–Crippen LogP) is 4.75. The van der Waals surface area contributed by atoms with Gasteiger partial charge >= 0.3 is 0 Å². The van der Waals surface area contributed by atoms with Gasteiger partial charge in [-0.3, -0.25) is 0 Å². The Balaban J connectivity index is 2.03. The first-order valence-corrected chi connectivity index (χ1v) is 10.9. The lowest BCUT2D eigenvalue weighted by atomic mass is 9.99. The lowest BCUT2D eigenvalue weighted by molar-refractivity contribution is 0.324. The molecular weight excluding hydrogens is 504 g/mol. The Morgan fingerprint density at radius 2 is 1.29 bits per heavy atom. The maximum atomic E-state index is 6.26. The summed E-state index contributed by atoms with van der Waals surface area (Å²) in [6.07, 6.45) is 1.39. The van der Waals surface area contributed by atoms with Gasteiger partial charge in [0.2, 0.25) is 5.75 Å². The fourth-order valence-electron chi connectivity index (χ4n) is 3.77. The highest BCUT2D eigenvalue weighted by atomic mass is 79.9. The van der Waals surface area contributed by atoms with Crippen LogP contribution in [0.15, 0.2) is 41.1 Å². The van der Waals surface area contributed by atoms with E-state index in [2.05, 4.69) is 25.9 Å². The molecule has 2 aromatic heterocycles. The molecule has 0 saturated heterocycles. The Kier molecular flexibility index (Phi) is 6.60. The maximum absolute atomic E-state index is 6.26. The van der Waals surface area contributed by atoms with E-state index in [1.165, 1.54) is 6.33 Å². The Morgan fingerprint density at radius 1 is 0.706 bits per heavy atom. The van der Waals surface area contributed by atoms with Gasteiger partial charge in [-0.1, -0.05) is 0 Å². The minimum absolute atomic E-state index is 0.315. The van der Waals surface area contributed by atoms with Crippen molar-refractivity contribution in [2.75, 3.05) is 41.3 Å². The number of aromatic nitrogens is 3. The lowest BCUT2D eigenvalue weighted by Gasteiger charge is -2.16. The standard InChI is InChI=1S/C24H23BrN4O5/c1-30-17-7-12(6-15(25)21(17)33-4)14-10-16(29-24-20(14)23(26)27-11-28-24)13-8-18(31-2)22(34-5)19(9-13)32-3/h6-11H,1-5H3,(H2,26,27,28,29). The Labute approximate surface area is 204 Å². The average molecular weight is 527 g/mol. The summed E-state index contributed by atoms with van der Waals surface area (Å²) in [5.41, 5.74) is 9.66. The van der Waals surface area contributed by atoms with Gasteiger partial charge in [0.1, 0.15) is 12.1 Å². The quantitative estimate of drug-likeness (QED) is 0.364. The molecule has 9 nitrogen and oxygen atoms in total. The molecule has 0 aliphatic heterocycles. The van der Waals surface area contributed by atoms with E-state index in [4.69, 9.17) is 34.4 Å². The van der Waals surface area contributed by atoms with Crippen LogP contribution in [0.3, 0.4) is 0 Å². The molecule has 2 aromatic carbocycles. The molecule has 0 atom stereocenters. The molecule has 2 N–H and O–H groups in total. The van der Waals surface area contributed by atoms with E-state index >= 15 is 0 Å². The number of anilines is 1. The monoisotopic (exact) mass is 526 g/mol. The topological polar surface area (TPSA) is 111 Å². The zero-order valence-electron chi connectivity index (χ0n) is 19.3. The molecule has 0 spiro atoms. The van der Waals surface area contributed by atoms with Crippen LogP contribution in [0.25, 0.3) is 33.4 Å². The number of pyridine rings is 1. The molecule has 2 heterocycles. The van der Waals surface area contributed by atoms with Gasteiger partial charge in [-0.25, -0.2) is 15.0 Å². The number of hydrogen-bond acceptors (Lipinski definition) is 9. The molecule has 0 unspecified atom stereocenters. The minimum atomic E-state index is 0.315. The van der Waals surface area contributed by atoms with Crippen molar-refractivity contribution < 1.29 is 23.7 Å². The summed E-state index contributed by atoms with van der Waals surface area (Å²) < 4.78 is 28.2. The first-order chi connectivity index (χ1) is 16.4. The van der Waals surface area contributed by atoms with Gasteiger partial charge in [0.25, 0.3) is 0 Å². The largest absolute Gasteiger partial charge is 0.493 e. The molecule has 34 heavy (non-hydrogen) atoms. The van der Waals surface area contributed by atoms with E-state index in [1.54, 1.807) is 35.5 Å². The van der Waals surface area contributed by atoms with Crippen LogP contribution in [-0.4, -0.2) is 50.5 Å². The highest BCUT2D eigenvalue weighted by Crippen LogP contribution is 2.44. The first kappa shape index (κ1) is 23.4. The number of benzene rings is 2. The van der Waals surface area contributed by atoms with Crippen LogP contribution in [0.4, 0.5) is 5.82 Å². The summed E-state index contributed by atoms with van der Waals surface area (Å²) in [5.74, 6) is 2.97. The van der Waals surface area contributed by atoms with Crippen LogP contribution >= 0.6 is 15.9 Å². The van der Waals surface area contributed by atoms with Crippen molar-refractivity contribution in [3.8, 4) is 51.1 Å². The van der Waals surface area contributed by atoms with Gasteiger partial charge in [0.05, 0.1) is 51.1 Å². The first-order valence-electron chi connectivity index (χ1n) is 10.1. The van der Waals surface area contributed by atoms with Crippen molar-refractivity contribution in [1.29, 1.82) is 0 Å². The van der Waals surface area contributed by atoms with E-state index in [9.17, 15) is 0 Å². The Bertz CT molecular complexity index is 1350. The summed E-state index contributed by atoms with van der Waals surface area (Å²) in [6, 6.07) is 9.35. The number of methoxy groups -OCH3 is 5. The number of nitrogen functional groups attached to an aromatic ring is 1. The van der Waals surface area contributed by atoms with Crippen molar-refractivity contribution in [3.05, 3.63) is 41.1 Å². The molecule has 4 rings (SSSR count). The molecule has 4 aromatic rings. The Morgan fingerprint density at radius 3 is 1.88 bits per heavy atom. The summed E-state index contributed by atoms with van der Waals surface area (Å²) >= 11 is 3.57. The van der Waals surface area contributed by atoms with E-state index in [0.717, 1.165) is 21.2 Å². The van der Waals surface area contributed by atoms with Crippen molar-refractivity contribution in [3.63, 3.8) is 0 Å². The van der Waals surface area contributed by atoms with Crippen LogP contribution < -0.4 is 29.4 Å². The van der Waals surface area contributed by atoms with Crippen molar-refractivity contribution in [2.45, 2.75) is 0 Å². The summed E-state index contributed by atoms with van der Waals surface area (Å²) in [5, 5.41) is 0.623. The molecule has 0 radical (unpaired) electrons. The van der Waals surface area contributed by atoms with Gasteiger partial charge in [-0.15, -0.1) is 0 Å². The summed E-state index contributed by atoms with van der Waals surface area (Å²) in [7, 11) is 7.85. The zero-order chi connectivity index (χ0) is 24.4. The van der Waals surface area contributed by atoms with Crippen LogP contribution in [0, 0.1) is 0 Å². The van der Waals surface area contributed by atoms with E-state index in [0.29, 0.717) is 51.3 Å². The van der Waals surface area contributed by atoms with E-state index < -0.39 is 0 Å². The number of ether oxygens (including phenoxy) is 5. The highest BCUT2D eigenvalue weighted by molar-refractivity contribution is 9.10. The normalized spacial score (nSPS) is 10.8. The van der Waals surface area contributed by atoms with Crippen molar-refractivity contribution >= 4 is 32.8 Å². The molecule has 10 heteroatoms. The molecule has 0 saturated carbocycles. The zero-order valence-corrected chi connectivity index (χ0v) is 20.9. The van der Waals surface area contributed by atoms with Crippen LogP contribution in [0.2, 0.25) is 0 Å². The second kappa shape index (κ2) is 9.60.